The second-order valence-electron chi connectivity index (χ2n) is 1.00. The molecule has 0 aliphatic heterocycles. The van der Waals surface area contributed by atoms with Crippen molar-refractivity contribution in [3.05, 3.63) is 0 Å². The Morgan fingerprint density at radius 1 is 1.50 bits per heavy atom. The molecule has 3 N–H and O–H groups in total. The minimum atomic E-state index is -1.82. The molecular weight excluding hydrogens is 144 g/mol. The molecule has 0 heterocycles. The van der Waals surface area contributed by atoms with Gasteiger partial charge in [-0.15, -0.1) is 0 Å². The van der Waals surface area contributed by atoms with E-state index in [1.807, 2.05) is 0 Å². The van der Waals surface area contributed by atoms with Gasteiger partial charge in [0.15, 0.2) is 0 Å². The smallest absolute Gasteiger partial charge is 0.449 e. The van der Waals surface area contributed by atoms with E-state index in [0.717, 1.165) is 0 Å². The van der Waals surface area contributed by atoms with E-state index in [0.29, 0.717) is 0 Å². The minimum absolute atomic E-state index is 0.250. The molecule has 0 unspecified atom stereocenters. The van der Waals surface area contributed by atoms with Gasteiger partial charge in [-0.05, 0) is 6.92 Å². The number of carboxylic acid groups (broad SMARTS) is 1. The van der Waals surface area contributed by atoms with Gasteiger partial charge in [-0.25, -0.2) is 9.59 Å². The molecule has 0 aliphatic carbocycles. The van der Waals surface area contributed by atoms with E-state index < -0.39 is 11.9 Å². The number of aliphatic hydroxyl groups excluding tert-OH is 1. The summed E-state index contributed by atoms with van der Waals surface area (Å²) in [6.07, 6.45) is 0. The highest BCUT2D eigenvalue weighted by molar-refractivity contribution is 6.28. The summed E-state index contributed by atoms with van der Waals surface area (Å²) >= 11 is 0. The third-order valence-electron chi connectivity index (χ3n) is 0.258. The summed E-state index contributed by atoms with van der Waals surface area (Å²) in [5.74, 6) is -3.50. The molecule has 0 aliphatic rings. The Morgan fingerprint density at radius 3 is 1.80 bits per heavy atom. The molecule has 0 saturated heterocycles. The van der Waals surface area contributed by atoms with Gasteiger partial charge < -0.3 is 10.2 Å². The van der Waals surface area contributed by atoms with E-state index in [1.54, 1.807) is 6.92 Å². The van der Waals surface area contributed by atoms with E-state index in [2.05, 4.69) is 4.89 Å². The number of carbonyl (C=O) groups excluding carboxylic acids is 1. The Bertz CT molecular complexity index is 108. The zero-order chi connectivity index (χ0) is 8.57. The van der Waals surface area contributed by atoms with Gasteiger partial charge in [0.2, 0.25) is 0 Å². The number of hydrogen-bond donors (Lipinski definition) is 3. The van der Waals surface area contributed by atoms with Gasteiger partial charge >= 0.3 is 11.9 Å². The number of rotatable bonds is 0. The van der Waals surface area contributed by atoms with Gasteiger partial charge in [0.05, 0.1) is 0 Å². The molecule has 0 aromatic carbocycles. The van der Waals surface area contributed by atoms with Crippen LogP contribution in [0.25, 0.3) is 0 Å². The predicted molar refractivity (Wildman–Crippen MR) is 29.1 cm³/mol. The maximum atomic E-state index is 9.44. The molecule has 60 valence electrons. The molecule has 0 aromatic heterocycles. The Kier molecular flexibility index (Phi) is 9.14. The monoisotopic (exact) mass is 152 g/mol. The van der Waals surface area contributed by atoms with E-state index in [4.69, 9.17) is 15.5 Å². The SMILES string of the molecule is CCO.O=C(O)C(=O)OO. The summed E-state index contributed by atoms with van der Waals surface area (Å²) in [5.41, 5.74) is 0. The molecule has 6 nitrogen and oxygen atoms in total. The van der Waals surface area contributed by atoms with Crippen LogP contribution in [0.2, 0.25) is 0 Å². The van der Waals surface area contributed by atoms with E-state index >= 15 is 0 Å². The van der Waals surface area contributed by atoms with Crippen molar-refractivity contribution in [2.24, 2.45) is 0 Å². The number of carboxylic acids is 1. The first-order valence-electron chi connectivity index (χ1n) is 2.29. The maximum Gasteiger partial charge on any atom is 0.449 e. The molecule has 6 heteroatoms. The van der Waals surface area contributed by atoms with Crippen LogP contribution in [0.5, 0.6) is 0 Å². The average Bonchev–Trinajstić information content (AvgIpc) is 1.88. The van der Waals surface area contributed by atoms with Gasteiger partial charge in [0.1, 0.15) is 0 Å². The highest BCUT2D eigenvalue weighted by Gasteiger charge is 2.10. The third-order valence-corrected chi connectivity index (χ3v) is 0.258. The van der Waals surface area contributed by atoms with Crippen molar-refractivity contribution in [3.63, 3.8) is 0 Å². The van der Waals surface area contributed by atoms with Crippen LogP contribution in [0.1, 0.15) is 6.92 Å². The fourth-order valence-electron chi connectivity index (χ4n) is 0.0390. The van der Waals surface area contributed by atoms with Crippen LogP contribution in [-0.2, 0) is 14.5 Å². The summed E-state index contributed by atoms with van der Waals surface area (Å²) in [6.45, 7) is 1.93. The average molecular weight is 152 g/mol. The molecular formula is C4H8O6. The highest BCUT2D eigenvalue weighted by atomic mass is 17.1. The summed E-state index contributed by atoms with van der Waals surface area (Å²) in [5, 5.41) is 22.4. The third kappa shape index (κ3) is 9.97. The summed E-state index contributed by atoms with van der Waals surface area (Å²) < 4.78 is 0. The zero-order valence-electron chi connectivity index (χ0n) is 5.27. The summed E-state index contributed by atoms with van der Waals surface area (Å²) in [4.78, 5) is 21.5. The predicted octanol–water partition coefficient (Wildman–Crippen LogP) is -0.914. The van der Waals surface area contributed by atoms with Crippen molar-refractivity contribution in [2.45, 2.75) is 6.92 Å². The molecule has 0 rings (SSSR count). The largest absolute Gasteiger partial charge is 0.473 e. The van der Waals surface area contributed by atoms with Gasteiger partial charge in [0.25, 0.3) is 0 Å². The standard InChI is InChI=1S/C2H2O5.C2H6O/c3-1(4)2(5)7-6;1-2-3/h6H,(H,3,4);3H,2H2,1H3. The number of aliphatic carboxylic acids is 1. The normalized spacial score (nSPS) is 7.10. The first-order chi connectivity index (χ1) is 4.59. The van der Waals surface area contributed by atoms with Crippen LogP contribution in [0.4, 0.5) is 0 Å². The van der Waals surface area contributed by atoms with Gasteiger partial charge in [-0.2, -0.15) is 5.26 Å². The van der Waals surface area contributed by atoms with Crippen LogP contribution in [0.3, 0.4) is 0 Å². The van der Waals surface area contributed by atoms with E-state index in [-0.39, 0.29) is 6.61 Å². The van der Waals surface area contributed by atoms with Crippen molar-refractivity contribution in [3.8, 4) is 0 Å². The number of aliphatic hydroxyl groups is 1. The zero-order valence-corrected chi connectivity index (χ0v) is 5.27. The molecule has 0 bridgehead atoms. The van der Waals surface area contributed by atoms with Crippen molar-refractivity contribution in [2.75, 3.05) is 6.61 Å². The molecule has 10 heavy (non-hydrogen) atoms. The number of carbonyl (C=O) groups is 2. The lowest BCUT2D eigenvalue weighted by atomic mass is 10.7. The van der Waals surface area contributed by atoms with Crippen LogP contribution >= 0.6 is 0 Å². The van der Waals surface area contributed by atoms with Crippen molar-refractivity contribution >= 4 is 11.9 Å². The molecule has 0 spiro atoms. The van der Waals surface area contributed by atoms with Crippen molar-refractivity contribution in [1.29, 1.82) is 0 Å². The lowest BCUT2D eigenvalue weighted by Crippen LogP contribution is -2.13. The summed E-state index contributed by atoms with van der Waals surface area (Å²) in [6, 6.07) is 0. The molecule has 0 amide bonds. The second-order valence-corrected chi connectivity index (χ2v) is 1.00. The first kappa shape index (κ1) is 11.6. The van der Waals surface area contributed by atoms with Gasteiger partial charge in [-0.1, -0.05) is 0 Å². The van der Waals surface area contributed by atoms with Crippen LogP contribution < -0.4 is 0 Å². The lowest BCUT2D eigenvalue weighted by Gasteiger charge is -1.82. The van der Waals surface area contributed by atoms with Gasteiger partial charge in [0, 0.05) is 6.61 Å². The topological polar surface area (TPSA) is 104 Å². The molecule has 0 saturated carbocycles. The Morgan fingerprint density at radius 2 is 1.80 bits per heavy atom. The fourth-order valence-corrected chi connectivity index (χ4v) is 0.0390. The van der Waals surface area contributed by atoms with Crippen LogP contribution in [0, 0.1) is 0 Å². The second kappa shape index (κ2) is 7.86. The highest BCUT2D eigenvalue weighted by Crippen LogP contribution is 1.67. The van der Waals surface area contributed by atoms with E-state index in [9.17, 15) is 9.59 Å². The number of hydrogen-bond acceptors (Lipinski definition) is 5. The Balaban J connectivity index is 0. The lowest BCUT2D eigenvalue weighted by molar-refractivity contribution is -0.235. The van der Waals surface area contributed by atoms with Crippen LogP contribution in [-0.4, -0.2) is 34.0 Å². The van der Waals surface area contributed by atoms with E-state index in [1.165, 1.54) is 0 Å². The maximum absolute atomic E-state index is 9.44. The Hall–Kier alpha value is -1.14. The Labute approximate surface area is 56.6 Å². The van der Waals surface area contributed by atoms with Crippen LogP contribution in [0.15, 0.2) is 0 Å². The van der Waals surface area contributed by atoms with Crippen molar-refractivity contribution in [1.82, 2.24) is 0 Å². The quantitative estimate of drug-likeness (QED) is 0.236. The summed E-state index contributed by atoms with van der Waals surface area (Å²) in [7, 11) is 0. The molecule has 0 atom stereocenters. The van der Waals surface area contributed by atoms with Crippen molar-refractivity contribution < 1.29 is 29.9 Å². The molecule has 0 aromatic rings. The fraction of sp³-hybridized carbons (Fsp3) is 0.500. The first-order valence-corrected chi connectivity index (χ1v) is 2.29. The molecule has 0 fully saturated rings. The van der Waals surface area contributed by atoms with Gasteiger partial charge in [-0.3, -0.25) is 4.89 Å². The molecule has 0 radical (unpaired) electrons. The minimum Gasteiger partial charge on any atom is -0.473 e.